The molecule has 6 heteroatoms. The van der Waals surface area contributed by atoms with Gasteiger partial charge in [-0.05, 0) is 62.8 Å². The number of nitrogens with one attached hydrogen (secondary N) is 2. The van der Waals surface area contributed by atoms with Crippen LogP contribution in [0.3, 0.4) is 0 Å². The summed E-state index contributed by atoms with van der Waals surface area (Å²) in [5, 5.41) is 2.96. The first-order valence-corrected chi connectivity index (χ1v) is 10.7. The zero-order valence-corrected chi connectivity index (χ0v) is 18.2. The van der Waals surface area contributed by atoms with E-state index in [9.17, 15) is 9.59 Å². The maximum absolute atomic E-state index is 12.9. The van der Waals surface area contributed by atoms with Crippen molar-refractivity contribution in [3.05, 3.63) is 56.8 Å². The highest BCUT2D eigenvalue weighted by molar-refractivity contribution is 9.10. The lowest BCUT2D eigenvalue weighted by Gasteiger charge is -2.27. The van der Waals surface area contributed by atoms with Crippen molar-refractivity contribution in [2.75, 3.05) is 13.1 Å². The maximum atomic E-state index is 12.9. The molecule has 2 aromatic rings. The molecule has 150 valence electrons. The molecule has 1 saturated heterocycles. The molecule has 0 unspecified atom stereocenters. The highest BCUT2D eigenvalue weighted by atomic mass is 79.9. The van der Waals surface area contributed by atoms with E-state index in [0.29, 0.717) is 19.4 Å². The first kappa shape index (κ1) is 20.6. The minimum absolute atomic E-state index is 0.0125. The summed E-state index contributed by atoms with van der Waals surface area (Å²) in [6, 6.07) is 7.91. The number of nitrogens with zero attached hydrogens (tertiary/aromatic N) is 1. The van der Waals surface area contributed by atoms with Gasteiger partial charge in [0.25, 0.3) is 5.91 Å². The standard InChI is InChI=1S/C22H28BrN3O2/c1-15-19(10-11-20(27)24-14-17-6-8-18(23)9-7-17)25-16(2)21(15)22(28)26-12-4-3-5-13-26/h6-9,25H,3-5,10-14H2,1-2H3,(H,24,27). The Kier molecular flexibility index (Phi) is 6.94. The Labute approximate surface area is 175 Å². The minimum Gasteiger partial charge on any atom is -0.362 e. The molecular formula is C22H28BrN3O2. The molecule has 0 saturated carbocycles. The Hall–Kier alpha value is -2.08. The van der Waals surface area contributed by atoms with Gasteiger partial charge >= 0.3 is 0 Å². The molecule has 5 nitrogen and oxygen atoms in total. The van der Waals surface area contributed by atoms with Crippen LogP contribution in [0.2, 0.25) is 0 Å². The molecular weight excluding hydrogens is 418 g/mol. The largest absolute Gasteiger partial charge is 0.362 e. The molecule has 3 rings (SSSR count). The molecule has 0 bridgehead atoms. The van der Waals surface area contributed by atoms with Crippen LogP contribution in [0, 0.1) is 13.8 Å². The maximum Gasteiger partial charge on any atom is 0.255 e. The number of piperidine rings is 1. The number of rotatable bonds is 6. The van der Waals surface area contributed by atoms with Gasteiger partial charge in [-0.25, -0.2) is 0 Å². The van der Waals surface area contributed by atoms with E-state index in [0.717, 1.165) is 58.5 Å². The third-order valence-corrected chi connectivity index (χ3v) is 5.93. The summed E-state index contributed by atoms with van der Waals surface area (Å²) in [6.45, 7) is 6.14. The second kappa shape index (κ2) is 9.41. The number of likely N-dealkylation sites (tertiary alicyclic amines) is 1. The number of aryl methyl sites for hydroxylation is 2. The van der Waals surface area contributed by atoms with Crippen molar-refractivity contribution >= 4 is 27.7 Å². The lowest BCUT2D eigenvalue weighted by atomic mass is 10.0. The van der Waals surface area contributed by atoms with E-state index < -0.39 is 0 Å². The monoisotopic (exact) mass is 445 g/mol. The van der Waals surface area contributed by atoms with Gasteiger partial charge in [0.15, 0.2) is 0 Å². The topological polar surface area (TPSA) is 65.2 Å². The average molecular weight is 446 g/mol. The Morgan fingerprint density at radius 2 is 1.79 bits per heavy atom. The van der Waals surface area contributed by atoms with Crippen molar-refractivity contribution in [3.63, 3.8) is 0 Å². The highest BCUT2D eigenvalue weighted by Crippen LogP contribution is 2.23. The summed E-state index contributed by atoms with van der Waals surface area (Å²) in [5.41, 5.74) is 4.72. The molecule has 28 heavy (non-hydrogen) atoms. The van der Waals surface area contributed by atoms with Gasteiger partial charge in [0.05, 0.1) is 5.56 Å². The summed E-state index contributed by atoms with van der Waals surface area (Å²) in [7, 11) is 0. The molecule has 1 fully saturated rings. The first-order chi connectivity index (χ1) is 13.5. The summed E-state index contributed by atoms with van der Waals surface area (Å²) in [5.74, 6) is 0.135. The van der Waals surface area contributed by atoms with Gasteiger partial charge in [-0.15, -0.1) is 0 Å². The zero-order valence-electron chi connectivity index (χ0n) is 16.6. The fourth-order valence-electron chi connectivity index (χ4n) is 3.77. The van der Waals surface area contributed by atoms with Gasteiger partial charge in [0.2, 0.25) is 5.91 Å². The number of H-pyrrole nitrogens is 1. The fraction of sp³-hybridized carbons (Fsp3) is 0.455. The molecule has 1 aliphatic rings. The van der Waals surface area contributed by atoms with Gasteiger partial charge < -0.3 is 15.2 Å². The number of amides is 2. The summed E-state index contributed by atoms with van der Waals surface area (Å²) < 4.78 is 1.02. The first-order valence-electron chi connectivity index (χ1n) is 9.94. The van der Waals surface area contributed by atoms with E-state index in [1.54, 1.807) is 0 Å². The number of aromatic nitrogens is 1. The number of halogens is 1. The number of hydrogen-bond acceptors (Lipinski definition) is 2. The van der Waals surface area contributed by atoms with Crippen LogP contribution in [0.4, 0.5) is 0 Å². The predicted octanol–water partition coefficient (Wildman–Crippen LogP) is 4.27. The van der Waals surface area contributed by atoms with Crippen LogP contribution in [0.25, 0.3) is 0 Å². The van der Waals surface area contributed by atoms with E-state index in [1.165, 1.54) is 6.42 Å². The molecule has 0 radical (unpaired) electrons. The van der Waals surface area contributed by atoms with Gasteiger partial charge in [-0.3, -0.25) is 9.59 Å². The van der Waals surface area contributed by atoms with Crippen molar-refractivity contribution in [3.8, 4) is 0 Å². The van der Waals surface area contributed by atoms with Crippen LogP contribution in [0.5, 0.6) is 0 Å². The van der Waals surface area contributed by atoms with Crippen molar-refractivity contribution in [1.82, 2.24) is 15.2 Å². The molecule has 2 amide bonds. The Morgan fingerprint density at radius 1 is 1.11 bits per heavy atom. The number of hydrogen-bond donors (Lipinski definition) is 2. The third-order valence-electron chi connectivity index (χ3n) is 5.40. The van der Waals surface area contributed by atoms with Gasteiger partial charge in [0.1, 0.15) is 0 Å². The van der Waals surface area contributed by atoms with Crippen molar-refractivity contribution in [2.45, 2.75) is 52.5 Å². The summed E-state index contributed by atoms with van der Waals surface area (Å²) >= 11 is 3.41. The van der Waals surface area contributed by atoms with E-state index in [2.05, 4.69) is 26.2 Å². The van der Waals surface area contributed by atoms with Crippen molar-refractivity contribution in [1.29, 1.82) is 0 Å². The van der Waals surface area contributed by atoms with Crippen LogP contribution in [0.15, 0.2) is 28.7 Å². The molecule has 2 heterocycles. The van der Waals surface area contributed by atoms with Crippen LogP contribution in [-0.2, 0) is 17.8 Å². The molecule has 0 atom stereocenters. The van der Waals surface area contributed by atoms with Crippen molar-refractivity contribution in [2.24, 2.45) is 0 Å². The molecule has 1 aromatic heterocycles. The Bertz CT molecular complexity index is 836. The smallest absolute Gasteiger partial charge is 0.255 e. The normalized spacial score (nSPS) is 14.2. The number of carbonyl (C=O) groups is 2. The number of carbonyl (C=O) groups excluding carboxylic acids is 2. The second-order valence-electron chi connectivity index (χ2n) is 7.48. The van der Waals surface area contributed by atoms with Crippen LogP contribution in [0.1, 0.15) is 58.6 Å². The molecule has 1 aliphatic heterocycles. The predicted molar refractivity (Wildman–Crippen MR) is 114 cm³/mol. The van der Waals surface area contributed by atoms with Gasteiger partial charge in [-0.2, -0.15) is 0 Å². The van der Waals surface area contributed by atoms with Crippen LogP contribution >= 0.6 is 15.9 Å². The van der Waals surface area contributed by atoms with Crippen LogP contribution < -0.4 is 5.32 Å². The summed E-state index contributed by atoms with van der Waals surface area (Å²) in [4.78, 5) is 30.4. The molecule has 1 aromatic carbocycles. The summed E-state index contributed by atoms with van der Waals surface area (Å²) in [6.07, 6.45) is 4.37. The third kappa shape index (κ3) is 5.04. The van der Waals surface area contributed by atoms with E-state index >= 15 is 0 Å². The molecule has 2 N–H and O–H groups in total. The number of aromatic amines is 1. The average Bonchev–Trinajstić information content (AvgIpc) is 2.99. The Morgan fingerprint density at radius 3 is 2.46 bits per heavy atom. The fourth-order valence-corrected chi connectivity index (χ4v) is 4.03. The highest BCUT2D eigenvalue weighted by Gasteiger charge is 2.24. The van der Waals surface area contributed by atoms with Crippen LogP contribution in [-0.4, -0.2) is 34.8 Å². The van der Waals surface area contributed by atoms with Gasteiger partial charge in [0, 0.05) is 41.9 Å². The molecule has 0 aliphatic carbocycles. The second-order valence-corrected chi connectivity index (χ2v) is 8.40. The zero-order chi connectivity index (χ0) is 20.1. The lowest BCUT2D eigenvalue weighted by Crippen LogP contribution is -2.36. The van der Waals surface area contributed by atoms with E-state index in [-0.39, 0.29) is 11.8 Å². The van der Waals surface area contributed by atoms with Gasteiger partial charge in [-0.1, -0.05) is 28.1 Å². The van der Waals surface area contributed by atoms with Crippen molar-refractivity contribution < 1.29 is 9.59 Å². The SMILES string of the molecule is Cc1[nH]c(CCC(=O)NCc2ccc(Br)cc2)c(C)c1C(=O)N1CCCCC1. The number of benzene rings is 1. The lowest BCUT2D eigenvalue weighted by molar-refractivity contribution is -0.121. The Balaban J connectivity index is 1.56. The minimum atomic E-state index is 0.0125. The quantitative estimate of drug-likeness (QED) is 0.696. The van der Waals surface area contributed by atoms with E-state index in [1.807, 2.05) is 43.0 Å². The van der Waals surface area contributed by atoms with E-state index in [4.69, 9.17) is 0 Å². The molecule has 0 spiro atoms.